The molecule has 1 fully saturated rings. The van der Waals surface area contributed by atoms with E-state index in [1.54, 1.807) is 24.3 Å². The maximum Gasteiger partial charge on any atom is 0.251 e. The molecule has 140 valence electrons. The lowest BCUT2D eigenvalue weighted by atomic mass is 10.2. The molecule has 1 amide bonds. The summed E-state index contributed by atoms with van der Waals surface area (Å²) in [6, 6.07) is 8.14. The minimum absolute atomic E-state index is 0.130. The quantitative estimate of drug-likeness (QED) is 0.770. The molecule has 0 atom stereocenters. The maximum absolute atomic E-state index is 13.0. The van der Waals surface area contributed by atoms with E-state index in [2.05, 4.69) is 21.2 Å². The van der Waals surface area contributed by atoms with Gasteiger partial charge in [-0.15, -0.1) is 0 Å². The molecule has 0 radical (unpaired) electrons. The molecular formula is C18H21BrN2O4S. The molecule has 6 nitrogen and oxygen atoms in total. The van der Waals surface area contributed by atoms with Crippen LogP contribution in [0.3, 0.4) is 0 Å². The van der Waals surface area contributed by atoms with Crippen LogP contribution in [0.5, 0.6) is 0 Å². The fourth-order valence-electron chi connectivity index (χ4n) is 2.95. The molecule has 0 saturated carbocycles. The van der Waals surface area contributed by atoms with Crippen LogP contribution >= 0.6 is 15.9 Å². The van der Waals surface area contributed by atoms with Gasteiger partial charge in [0.15, 0.2) is 0 Å². The first-order valence-corrected chi connectivity index (χ1v) is 10.8. The number of rotatable bonds is 5. The number of sulfonamides is 1. The molecule has 1 N–H and O–H groups in total. The highest BCUT2D eigenvalue weighted by Gasteiger charge is 2.28. The van der Waals surface area contributed by atoms with Gasteiger partial charge in [0.1, 0.15) is 5.76 Å². The smallest absolute Gasteiger partial charge is 0.251 e. The Labute approximate surface area is 161 Å². The molecule has 2 heterocycles. The van der Waals surface area contributed by atoms with Crippen molar-refractivity contribution in [1.29, 1.82) is 0 Å². The van der Waals surface area contributed by atoms with Gasteiger partial charge in [-0.2, -0.15) is 4.31 Å². The molecule has 3 rings (SSSR count). The van der Waals surface area contributed by atoms with Crippen LogP contribution in [-0.4, -0.2) is 31.7 Å². The van der Waals surface area contributed by atoms with Gasteiger partial charge in [0.05, 0.1) is 17.7 Å². The summed E-state index contributed by atoms with van der Waals surface area (Å²) in [6.07, 6.45) is 5.35. The number of nitrogens with zero attached hydrogens (tertiary/aromatic N) is 1. The summed E-state index contributed by atoms with van der Waals surface area (Å²) in [5.41, 5.74) is 0.299. The van der Waals surface area contributed by atoms with E-state index in [4.69, 9.17) is 4.42 Å². The predicted molar refractivity (Wildman–Crippen MR) is 101 cm³/mol. The predicted octanol–water partition coefficient (Wildman–Crippen LogP) is 3.54. The Bertz CT molecular complexity index is 857. The van der Waals surface area contributed by atoms with E-state index >= 15 is 0 Å². The molecule has 0 aliphatic carbocycles. The molecule has 1 aliphatic rings. The SMILES string of the molecule is O=C(NCc1ccco1)c1ccc(Br)c(S(=O)(=O)N2CCCCCC2)c1. The topological polar surface area (TPSA) is 79.6 Å². The summed E-state index contributed by atoms with van der Waals surface area (Å²) in [5, 5.41) is 2.73. The van der Waals surface area contributed by atoms with Gasteiger partial charge in [0.2, 0.25) is 10.0 Å². The number of nitrogens with one attached hydrogen (secondary N) is 1. The number of benzene rings is 1. The molecule has 0 bridgehead atoms. The Balaban J connectivity index is 1.81. The molecule has 1 aromatic heterocycles. The van der Waals surface area contributed by atoms with E-state index in [1.165, 1.54) is 16.6 Å². The third kappa shape index (κ3) is 4.36. The van der Waals surface area contributed by atoms with Crippen LogP contribution in [0.15, 0.2) is 50.4 Å². The zero-order valence-corrected chi connectivity index (χ0v) is 16.7. The average molecular weight is 441 g/mol. The van der Waals surface area contributed by atoms with Gasteiger partial charge in [-0.1, -0.05) is 12.8 Å². The second kappa shape index (κ2) is 8.37. The van der Waals surface area contributed by atoms with Crippen molar-refractivity contribution in [3.05, 3.63) is 52.4 Å². The third-order valence-electron chi connectivity index (χ3n) is 4.38. The Hall–Kier alpha value is -1.64. The van der Waals surface area contributed by atoms with Crippen molar-refractivity contribution in [3.63, 3.8) is 0 Å². The van der Waals surface area contributed by atoms with Crippen LogP contribution in [0.1, 0.15) is 41.8 Å². The molecular weight excluding hydrogens is 420 g/mol. The lowest BCUT2D eigenvalue weighted by molar-refractivity contribution is 0.0948. The zero-order chi connectivity index (χ0) is 18.6. The van der Waals surface area contributed by atoms with Gasteiger partial charge in [0.25, 0.3) is 5.91 Å². The maximum atomic E-state index is 13.0. The van der Waals surface area contributed by atoms with Crippen molar-refractivity contribution in [2.75, 3.05) is 13.1 Å². The Kier molecular flexibility index (Phi) is 6.16. The second-order valence-corrected chi connectivity index (χ2v) is 8.99. The van der Waals surface area contributed by atoms with Crippen molar-refractivity contribution in [3.8, 4) is 0 Å². The molecule has 0 unspecified atom stereocenters. The molecule has 26 heavy (non-hydrogen) atoms. The fraction of sp³-hybridized carbons (Fsp3) is 0.389. The van der Waals surface area contributed by atoms with Gasteiger partial charge in [0, 0.05) is 23.1 Å². The number of hydrogen-bond acceptors (Lipinski definition) is 4. The number of hydrogen-bond donors (Lipinski definition) is 1. The Morgan fingerprint density at radius 3 is 2.54 bits per heavy atom. The first kappa shape index (κ1) is 19.1. The van der Waals surface area contributed by atoms with E-state index in [0.29, 0.717) is 28.9 Å². The Morgan fingerprint density at radius 2 is 1.88 bits per heavy atom. The number of halogens is 1. The fourth-order valence-corrected chi connectivity index (χ4v) is 5.41. The Morgan fingerprint density at radius 1 is 1.15 bits per heavy atom. The van der Waals surface area contributed by atoms with Gasteiger partial charge < -0.3 is 9.73 Å². The second-order valence-electron chi connectivity index (χ2n) is 6.23. The van der Waals surface area contributed by atoms with E-state index < -0.39 is 10.0 Å². The number of carbonyl (C=O) groups is 1. The molecule has 8 heteroatoms. The van der Waals surface area contributed by atoms with Gasteiger partial charge in [-0.25, -0.2) is 8.42 Å². The highest BCUT2D eigenvalue weighted by molar-refractivity contribution is 9.10. The van der Waals surface area contributed by atoms with Crippen LogP contribution in [-0.2, 0) is 16.6 Å². The van der Waals surface area contributed by atoms with E-state index in [0.717, 1.165) is 25.7 Å². The monoisotopic (exact) mass is 440 g/mol. The lowest BCUT2D eigenvalue weighted by Gasteiger charge is -2.21. The van der Waals surface area contributed by atoms with E-state index in [9.17, 15) is 13.2 Å². The number of carbonyl (C=O) groups excluding carboxylic acids is 1. The molecule has 0 spiro atoms. The lowest BCUT2D eigenvalue weighted by Crippen LogP contribution is -2.32. The zero-order valence-electron chi connectivity index (χ0n) is 14.3. The molecule has 1 aromatic carbocycles. The highest BCUT2D eigenvalue weighted by atomic mass is 79.9. The van der Waals surface area contributed by atoms with Crippen LogP contribution in [0.4, 0.5) is 0 Å². The highest BCUT2D eigenvalue weighted by Crippen LogP contribution is 2.28. The normalized spacial score (nSPS) is 16.2. The largest absolute Gasteiger partial charge is 0.467 e. The summed E-state index contributed by atoms with van der Waals surface area (Å²) in [5.74, 6) is 0.286. The average Bonchev–Trinajstić information content (AvgIpc) is 2.99. The standard InChI is InChI=1S/C18H21BrN2O4S/c19-16-8-7-14(18(22)20-13-15-6-5-11-25-15)12-17(16)26(23,24)21-9-3-1-2-4-10-21/h5-8,11-12H,1-4,9-10,13H2,(H,20,22). The third-order valence-corrected chi connectivity index (χ3v) is 7.27. The van der Waals surface area contributed by atoms with Gasteiger partial charge in [-0.3, -0.25) is 4.79 Å². The van der Waals surface area contributed by atoms with Crippen LogP contribution in [0.25, 0.3) is 0 Å². The summed E-state index contributed by atoms with van der Waals surface area (Å²) in [4.78, 5) is 12.5. The first-order chi connectivity index (χ1) is 12.5. The van der Waals surface area contributed by atoms with Crippen molar-refractivity contribution in [2.45, 2.75) is 37.1 Å². The summed E-state index contributed by atoms with van der Waals surface area (Å²) in [7, 11) is -3.64. The summed E-state index contributed by atoms with van der Waals surface area (Å²) >= 11 is 3.32. The van der Waals surface area contributed by atoms with E-state index in [-0.39, 0.29) is 17.3 Å². The van der Waals surface area contributed by atoms with Crippen LogP contribution < -0.4 is 5.32 Å². The van der Waals surface area contributed by atoms with Crippen molar-refractivity contribution >= 4 is 31.9 Å². The number of amides is 1. The minimum atomic E-state index is -3.64. The van der Waals surface area contributed by atoms with E-state index in [1.807, 2.05) is 0 Å². The van der Waals surface area contributed by atoms with Crippen LogP contribution in [0, 0.1) is 0 Å². The summed E-state index contributed by atoms with van der Waals surface area (Å²) in [6.45, 7) is 1.28. The summed E-state index contributed by atoms with van der Waals surface area (Å²) < 4.78 is 33.2. The first-order valence-electron chi connectivity index (χ1n) is 8.59. The molecule has 1 aliphatic heterocycles. The van der Waals surface area contributed by atoms with Gasteiger partial charge in [-0.05, 0) is 59.1 Å². The molecule has 2 aromatic rings. The van der Waals surface area contributed by atoms with Crippen molar-refractivity contribution < 1.29 is 17.6 Å². The van der Waals surface area contributed by atoms with Gasteiger partial charge >= 0.3 is 0 Å². The molecule has 1 saturated heterocycles. The van der Waals surface area contributed by atoms with Crippen molar-refractivity contribution in [2.24, 2.45) is 0 Å². The minimum Gasteiger partial charge on any atom is -0.467 e. The van der Waals surface area contributed by atoms with Crippen LogP contribution in [0.2, 0.25) is 0 Å². The van der Waals surface area contributed by atoms with Crippen molar-refractivity contribution in [1.82, 2.24) is 9.62 Å². The number of furan rings is 1.